The van der Waals surface area contributed by atoms with Gasteiger partial charge in [-0.05, 0) is 42.1 Å². The van der Waals surface area contributed by atoms with Gasteiger partial charge in [0.05, 0.1) is 25.1 Å². The number of hydrogen-bond acceptors (Lipinski definition) is 6. The van der Waals surface area contributed by atoms with Crippen molar-refractivity contribution in [3.8, 4) is 11.5 Å². The van der Waals surface area contributed by atoms with Gasteiger partial charge in [-0.15, -0.1) is 11.3 Å². The minimum Gasteiger partial charge on any atom is -0.495 e. The molecule has 1 N–H and O–H groups in total. The maximum atomic E-state index is 13.3. The molecule has 164 valence electrons. The van der Waals surface area contributed by atoms with Crippen molar-refractivity contribution in [2.45, 2.75) is 17.6 Å². The number of anilines is 2. The Bertz CT molecular complexity index is 1110. The molecule has 0 bridgehead atoms. The summed E-state index contributed by atoms with van der Waals surface area (Å²) in [5.41, 5.74) is 0.763. The Labute approximate surface area is 186 Å². The van der Waals surface area contributed by atoms with Gasteiger partial charge in [-0.3, -0.25) is 9.10 Å². The molecular weight excluding hydrogens is 436 g/mol. The average molecular weight is 461 g/mol. The standard InChI is InChI=1S/C22H24N2O5S2/c1-3-14-29-19-11-6-4-9-17(19)23-21(25)16-24(18-10-5-7-12-20(18)28-2)31(26,27)22-13-8-15-30-22/h4-13,15H,3,14,16H2,1-2H3,(H,23,25). The number of hydrogen-bond donors (Lipinski definition) is 1. The summed E-state index contributed by atoms with van der Waals surface area (Å²) in [7, 11) is -2.52. The van der Waals surface area contributed by atoms with Gasteiger partial charge in [0.25, 0.3) is 10.0 Å². The summed E-state index contributed by atoms with van der Waals surface area (Å²) in [5.74, 6) is 0.378. The molecule has 0 atom stereocenters. The molecule has 0 saturated carbocycles. The third-order valence-corrected chi connectivity index (χ3v) is 7.44. The number of carbonyl (C=O) groups excluding carboxylic acids is 1. The van der Waals surface area contributed by atoms with Crippen molar-refractivity contribution in [3.63, 3.8) is 0 Å². The van der Waals surface area contributed by atoms with E-state index in [9.17, 15) is 13.2 Å². The summed E-state index contributed by atoms with van der Waals surface area (Å²) in [4.78, 5) is 12.9. The Morgan fingerprint density at radius 2 is 1.74 bits per heavy atom. The van der Waals surface area contributed by atoms with E-state index in [1.807, 2.05) is 13.0 Å². The van der Waals surface area contributed by atoms with E-state index in [1.165, 1.54) is 13.2 Å². The van der Waals surface area contributed by atoms with Gasteiger partial charge in [-0.1, -0.05) is 37.3 Å². The van der Waals surface area contributed by atoms with Crippen LogP contribution in [0.2, 0.25) is 0 Å². The molecule has 1 heterocycles. The van der Waals surface area contributed by atoms with Gasteiger partial charge in [0.15, 0.2) is 0 Å². The van der Waals surface area contributed by atoms with Gasteiger partial charge in [0, 0.05) is 0 Å². The van der Waals surface area contributed by atoms with Crippen LogP contribution in [0.4, 0.5) is 11.4 Å². The number of nitrogens with one attached hydrogen (secondary N) is 1. The number of sulfonamides is 1. The van der Waals surface area contributed by atoms with Crippen LogP contribution in [-0.4, -0.2) is 34.6 Å². The van der Waals surface area contributed by atoms with E-state index in [-0.39, 0.29) is 9.90 Å². The van der Waals surface area contributed by atoms with E-state index in [2.05, 4.69) is 5.32 Å². The van der Waals surface area contributed by atoms with E-state index < -0.39 is 22.5 Å². The minimum atomic E-state index is -3.98. The van der Waals surface area contributed by atoms with Crippen molar-refractivity contribution in [2.24, 2.45) is 0 Å². The summed E-state index contributed by atoms with van der Waals surface area (Å²) < 4.78 is 38.9. The third-order valence-electron chi connectivity index (χ3n) is 4.30. The molecule has 9 heteroatoms. The number of benzene rings is 2. The number of methoxy groups -OCH3 is 1. The number of para-hydroxylation sites is 4. The average Bonchev–Trinajstić information content (AvgIpc) is 3.33. The van der Waals surface area contributed by atoms with Crippen molar-refractivity contribution >= 4 is 38.6 Å². The van der Waals surface area contributed by atoms with Gasteiger partial charge in [0.1, 0.15) is 22.3 Å². The van der Waals surface area contributed by atoms with Gasteiger partial charge in [-0.2, -0.15) is 0 Å². The molecule has 3 rings (SSSR count). The maximum Gasteiger partial charge on any atom is 0.274 e. The molecule has 0 spiro atoms. The van der Waals surface area contributed by atoms with E-state index >= 15 is 0 Å². The lowest BCUT2D eigenvalue weighted by molar-refractivity contribution is -0.114. The summed E-state index contributed by atoms with van der Waals surface area (Å²) in [5, 5.41) is 4.44. The van der Waals surface area contributed by atoms with Crippen molar-refractivity contribution in [3.05, 3.63) is 66.0 Å². The first kappa shape index (κ1) is 22.6. The second-order valence-electron chi connectivity index (χ2n) is 6.51. The molecule has 2 aromatic carbocycles. The molecule has 1 aromatic heterocycles. The highest BCUT2D eigenvalue weighted by Gasteiger charge is 2.30. The fraction of sp³-hybridized carbons (Fsp3) is 0.227. The normalized spacial score (nSPS) is 11.0. The quantitative estimate of drug-likeness (QED) is 0.485. The lowest BCUT2D eigenvalue weighted by Gasteiger charge is -2.25. The third kappa shape index (κ3) is 5.36. The van der Waals surface area contributed by atoms with Crippen LogP contribution in [0.15, 0.2) is 70.3 Å². The van der Waals surface area contributed by atoms with E-state index in [4.69, 9.17) is 9.47 Å². The highest BCUT2D eigenvalue weighted by molar-refractivity contribution is 7.94. The molecule has 0 radical (unpaired) electrons. The van der Waals surface area contributed by atoms with Crippen LogP contribution in [-0.2, 0) is 14.8 Å². The number of thiophene rings is 1. The Morgan fingerprint density at radius 3 is 2.42 bits per heavy atom. The van der Waals surface area contributed by atoms with Crippen molar-refractivity contribution < 1.29 is 22.7 Å². The molecule has 1 amide bonds. The van der Waals surface area contributed by atoms with Crippen LogP contribution < -0.4 is 19.1 Å². The Morgan fingerprint density at radius 1 is 1.03 bits per heavy atom. The predicted molar refractivity (Wildman–Crippen MR) is 123 cm³/mol. The highest BCUT2D eigenvalue weighted by Crippen LogP contribution is 2.33. The van der Waals surface area contributed by atoms with Crippen LogP contribution in [0.1, 0.15) is 13.3 Å². The second kappa shape index (κ2) is 10.3. The molecule has 0 aliphatic carbocycles. The highest BCUT2D eigenvalue weighted by atomic mass is 32.2. The molecule has 0 saturated heterocycles. The zero-order valence-corrected chi connectivity index (χ0v) is 18.9. The molecule has 3 aromatic rings. The Hall–Kier alpha value is -3.04. The fourth-order valence-electron chi connectivity index (χ4n) is 2.88. The number of carbonyl (C=O) groups is 1. The van der Waals surface area contributed by atoms with Crippen LogP contribution in [0.5, 0.6) is 11.5 Å². The van der Waals surface area contributed by atoms with Crippen LogP contribution in [0, 0.1) is 0 Å². The van der Waals surface area contributed by atoms with Crippen molar-refractivity contribution in [1.29, 1.82) is 0 Å². The smallest absolute Gasteiger partial charge is 0.274 e. The zero-order chi connectivity index (χ0) is 22.3. The first-order chi connectivity index (χ1) is 15.0. The predicted octanol–water partition coefficient (Wildman–Crippen LogP) is 4.38. The topological polar surface area (TPSA) is 84.9 Å². The molecule has 31 heavy (non-hydrogen) atoms. The largest absolute Gasteiger partial charge is 0.495 e. The summed E-state index contributed by atoms with van der Waals surface area (Å²) in [6.07, 6.45) is 0.822. The summed E-state index contributed by atoms with van der Waals surface area (Å²) in [6, 6.07) is 16.9. The Kier molecular flexibility index (Phi) is 7.54. The van der Waals surface area contributed by atoms with Crippen molar-refractivity contribution in [2.75, 3.05) is 29.9 Å². The van der Waals surface area contributed by atoms with Crippen LogP contribution in [0.25, 0.3) is 0 Å². The number of nitrogens with zero attached hydrogens (tertiary/aromatic N) is 1. The van der Waals surface area contributed by atoms with Crippen molar-refractivity contribution in [1.82, 2.24) is 0 Å². The SMILES string of the molecule is CCCOc1ccccc1NC(=O)CN(c1ccccc1OC)S(=O)(=O)c1cccs1. The van der Waals surface area contributed by atoms with Gasteiger partial charge < -0.3 is 14.8 Å². The van der Waals surface area contributed by atoms with Crippen LogP contribution >= 0.6 is 11.3 Å². The summed E-state index contributed by atoms with van der Waals surface area (Å²) in [6.45, 7) is 2.07. The first-order valence-electron chi connectivity index (χ1n) is 9.68. The molecule has 0 aliphatic rings. The molecule has 7 nitrogen and oxygen atoms in total. The number of rotatable bonds is 10. The van der Waals surface area contributed by atoms with Crippen LogP contribution in [0.3, 0.4) is 0 Å². The number of amides is 1. The zero-order valence-electron chi connectivity index (χ0n) is 17.3. The monoisotopic (exact) mass is 460 g/mol. The minimum absolute atomic E-state index is 0.137. The first-order valence-corrected chi connectivity index (χ1v) is 12.0. The van der Waals surface area contributed by atoms with E-state index in [1.54, 1.807) is 53.9 Å². The second-order valence-corrected chi connectivity index (χ2v) is 9.55. The summed E-state index contributed by atoms with van der Waals surface area (Å²) >= 11 is 1.09. The van der Waals surface area contributed by atoms with Gasteiger partial charge in [0.2, 0.25) is 5.91 Å². The van der Waals surface area contributed by atoms with E-state index in [0.29, 0.717) is 23.8 Å². The molecule has 0 unspecified atom stereocenters. The van der Waals surface area contributed by atoms with E-state index in [0.717, 1.165) is 22.1 Å². The van der Waals surface area contributed by atoms with Gasteiger partial charge >= 0.3 is 0 Å². The maximum absolute atomic E-state index is 13.3. The molecular formula is C22H24N2O5S2. The number of ether oxygens (including phenoxy) is 2. The Balaban J connectivity index is 1.92. The molecule has 0 fully saturated rings. The lowest BCUT2D eigenvalue weighted by atomic mass is 10.2. The van der Waals surface area contributed by atoms with Gasteiger partial charge in [-0.25, -0.2) is 8.42 Å². The lowest BCUT2D eigenvalue weighted by Crippen LogP contribution is -2.38. The fourth-order valence-corrected chi connectivity index (χ4v) is 5.42. The molecule has 0 aliphatic heterocycles.